The Bertz CT molecular complexity index is 734. The molecule has 1 aromatic heterocycles. The topological polar surface area (TPSA) is 81.4 Å². The molecule has 0 bridgehead atoms. The van der Waals surface area contributed by atoms with E-state index in [2.05, 4.69) is 10.5 Å². The van der Waals surface area contributed by atoms with Gasteiger partial charge >= 0.3 is 5.97 Å². The lowest BCUT2D eigenvalue weighted by Crippen LogP contribution is -2.45. The van der Waals surface area contributed by atoms with Gasteiger partial charge in [-0.25, -0.2) is 4.79 Å². The number of aryl methyl sites for hydroxylation is 2. The lowest BCUT2D eigenvalue weighted by atomic mass is 10.0. The molecule has 25 heavy (non-hydrogen) atoms. The Kier molecular flexibility index (Phi) is 5.96. The minimum absolute atomic E-state index is 0.117. The Morgan fingerprint density at radius 1 is 1.12 bits per heavy atom. The first-order valence-electron chi connectivity index (χ1n) is 8.29. The molecule has 134 valence electrons. The number of nitrogens with one attached hydrogen (secondary N) is 1. The quantitative estimate of drug-likeness (QED) is 0.813. The first kappa shape index (κ1) is 18.7. The highest BCUT2D eigenvalue weighted by atomic mass is 16.5. The second-order valence-electron chi connectivity index (χ2n) is 6.50. The van der Waals surface area contributed by atoms with Gasteiger partial charge in [0.05, 0.1) is 0 Å². The highest BCUT2D eigenvalue weighted by molar-refractivity contribution is 5.96. The van der Waals surface area contributed by atoms with Gasteiger partial charge in [0.2, 0.25) is 0 Å². The van der Waals surface area contributed by atoms with E-state index in [-0.39, 0.29) is 11.8 Å². The Hall–Kier alpha value is -2.63. The third-order valence-electron chi connectivity index (χ3n) is 3.88. The van der Waals surface area contributed by atoms with Crippen LogP contribution in [0, 0.1) is 19.8 Å². The van der Waals surface area contributed by atoms with E-state index in [1.165, 1.54) is 0 Å². The molecule has 0 fully saturated rings. The number of aromatic nitrogens is 1. The van der Waals surface area contributed by atoms with E-state index in [1.54, 1.807) is 32.0 Å². The lowest BCUT2D eigenvalue weighted by Gasteiger charge is -2.22. The molecule has 0 aliphatic heterocycles. The van der Waals surface area contributed by atoms with Crippen molar-refractivity contribution < 1.29 is 18.8 Å². The van der Waals surface area contributed by atoms with Gasteiger partial charge in [0.1, 0.15) is 23.6 Å². The van der Waals surface area contributed by atoms with Crippen molar-refractivity contribution in [2.24, 2.45) is 5.92 Å². The molecule has 0 saturated carbocycles. The zero-order valence-corrected chi connectivity index (χ0v) is 15.2. The highest BCUT2D eigenvalue weighted by Crippen LogP contribution is 2.18. The van der Waals surface area contributed by atoms with E-state index in [9.17, 15) is 9.59 Å². The van der Waals surface area contributed by atoms with E-state index in [0.29, 0.717) is 17.0 Å². The standard InChI is InChI=1S/C19H24N2O4/c1-11(2)17(20-18(22)15-8-6-12(3)7-9-15)19(23)24-14(5)16-10-13(4)25-21-16/h6-11,14,17H,1-5H3,(H,20,22)/t14-,17+/m1/s1. The summed E-state index contributed by atoms with van der Waals surface area (Å²) in [6, 6.07) is 8.14. The first-order valence-corrected chi connectivity index (χ1v) is 8.29. The second-order valence-corrected chi connectivity index (χ2v) is 6.50. The minimum Gasteiger partial charge on any atom is -0.454 e. The number of esters is 1. The normalized spacial score (nSPS) is 13.4. The van der Waals surface area contributed by atoms with Crippen LogP contribution in [0.5, 0.6) is 0 Å². The molecule has 1 aromatic carbocycles. The number of rotatable bonds is 6. The molecule has 6 heteroatoms. The average molecular weight is 344 g/mol. The minimum atomic E-state index is -0.746. The summed E-state index contributed by atoms with van der Waals surface area (Å²) in [4.78, 5) is 24.9. The van der Waals surface area contributed by atoms with Crippen LogP contribution in [0.15, 0.2) is 34.9 Å². The molecule has 1 heterocycles. The van der Waals surface area contributed by atoms with Crippen LogP contribution in [-0.4, -0.2) is 23.1 Å². The van der Waals surface area contributed by atoms with Crippen LogP contribution >= 0.6 is 0 Å². The summed E-state index contributed by atoms with van der Waals surface area (Å²) in [5.74, 6) is -0.275. The Labute approximate surface area is 147 Å². The van der Waals surface area contributed by atoms with Gasteiger partial charge in [0.15, 0.2) is 0 Å². The van der Waals surface area contributed by atoms with Crippen LogP contribution in [0.25, 0.3) is 0 Å². The van der Waals surface area contributed by atoms with Gasteiger partial charge in [-0.05, 0) is 38.8 Å². The molecule has 0 saturated heterocycles. The molecular weight excluding hydrogens is 320 g/mol. The van der Waals surface area contributed by atoms with Gasteiger partial charge in [-0.1, -0.05) is 36.7 Å². The van der Waals surface area contributed by atoms with Crippen molar-refractivity contribution in [1.82, 2.24) is 10.5 Å². The molecule has 1 N–H and O–H groups in total. The third-order valence-corrected chi connectivity index (χ3v) is 3.88. The second kappa shape index (κ2) is 7.96. The van der Waals surface area contributed by atoms with Gasteiger partial charge in [0.25, 0.3) is 5.91 Å². The summed E-state index contributed by atoms with van der Waals surface area (Å²) in [6.07, 6.45) is -0.553. The zero-order chi connectivity index (χ0) is 18.6. The monoisotopic (exact) mass is 344 g/mol. The van der Waals surface area contributed by atoms with E-state index in [4.69, 9.17) is 9.26 Å². The molecule has 2 aromatic rings. The molecule has 0 aliphatic rings. The Morgan fingerprint density at radius 2 is 1.76 bits per heavy atom. The van der Waals surface area contributed by atoms with E-state index < -0.39 is 18.1 Å². The number of carbonyl (C=O) groups is 2. The fourth-order valence-corrected chi connectivity index (χ4v) is 2.31. The number of amides is 1. The number of carbonyl (C=O) groups excluding carboxylic acids is 2. The van der Waals surface area contributed by atoms with Crippen LogP contribution in [0.2, 0.25) is 0 Å². The molecule has 0 aliphatic carbocycles. The maximum absolute atomic E-state index is 12.5. The van der Waals surface area contributed by atoms with Gasteiger partial charge in [0, 0.05) is 11.6 Å². The van der Waals surface area contributed by atoms with Gasteiger partial charge < -0.3 is 14.6 Å². The molecule has 2 atom stereocenters. The lowest BCUT2D eigenvalue weighted by molar-refractivity contribution is -0.152. The maximum Gasteiger partial charge on any atom is 0.329 e. The van der Waals surface area contributed by atoms with Crippen molar-refractivity contribution in [1.29, 1.82) is 0 Å². The Balaban J connectivity index is 2.05. The van der Waals surface area contributed by atoms with E-state index in [0.717, 1.165) is 5.56 Å². The molecular formula is C19H24N2O4. The molecule has 6 nitrogen and oxygen atoms in total. The summed E-state index contributed by atoms with van der Waals surface area (Å²) in [7, 11) is 0. The fourth-order valence-electron chi connectivity index (χ4n) is 2.31. The molecule has 0 spiro atoms. The summed E-state index contributed by atoms with van der Waals surface area (Å²) >= 11 is 0. The first-order chi connectivity index (χ1) is 11.8. The van der Waals surface area contributed by atoms with Crippen LogP contribution in [-0.2, 0) is 9.53 Å². The maximum atomic E-state index is 12.5. The van der Waals surface area contributed by atoms with Crippen LogP contribution in [0.4, 0.5) is 0 Å². The smallest absolute Gasteiger partial charge is 0.329 e. The van der Waals surface area contributed by atoms with E-state index in [1.807, 2.05) is 32.9 Å². The number of ether oxygens (including phenoxy) is 1. The van der Waals surface area contributed by atoms with Crippen LogP contribution in [0.3, 0.4) is 0 Å². The third kappa shape index (κ3) is 4.92. The fraction of sp³-hybridized carbons (Fsp3) is 0.421. The highest BCUT2D eigenvalue weighted by Gasteiger charge is 2.28. The number of nitrogens with zero attached hydrogens (tertiary/aromatic N) is 1. The molecule has 0 unspecified atom stereocenters. The van der Waals surface area contributed by atoms with E-state index >= 15 is 0 Å². The van der Waals surface area contributed by atoms with Gasteiger partial charge in [-0.3, -0.25) is 4.79 Å². The van der Waals surface area contributed by atoms with Crippen molar-refractivity contribution in [3.8, 4) is 0 Å². The summed E-state index contributed by atoms with van der Waals surface area (Å²) in [5.41, 5.74) is 2.11. The average Bonchev–Trinajstić information content (AvgIpc) is 2.99. The van der Waals surface area contributed by atoms with Crippen molar-refractivity contribution in [3.63, 3.8) is 0 Å². The number of hydrogen-bond donors (Lipinski definition) is 1. The summed E-state index contributed by atoms with van der Waals surface area (Å²) < 4.78 is 10.4. The number of benzene rings is 1. The van der Waals surface area contributed by atoms with Crippen molar-refractivity contribution in [2.75, 3.05) is 0 Å². The largest absolute Gasteiger partial charge is 0.454 e. The molecule has 2 rings (SSSR count). The van der Waals surface area contributed by atoms with Gasteiger partial charge in [-0.2, -0.15) is 0 Å². The molecule has 1 amide bonds. The number of hydrogen-bond acceptors (Lipinski definition) is 5. The predicted molar refractivity (Wildman–Crippen MR) is 93.0 cm³/mol. The van der Waals surface area contributed by atoms with Crippen LogP contribution < -0.4 is 5.32 Å². The summed E-state index contributed by atoms with van der Waals surface area (Å²) in [5, 5.41) is 6.61. The van der Waals surface area contributed by atoms with Crippen molar-refractivity contribution in [3.05, 3.63) is 52.9 Å². The summed E-state index contributed by atoms with van der Waals surface area (Å²) in [6.45, 7) is 9.14. The molecule has 0 radical (unpaired) electrons. The van der Waals surface area contributed by atoms with Crippen molar-refractivity contribution in [2.45, 2.75) is 46.8 Å². The zero-order valence-electron chi connectivity index (χ0n) is 15.2. The van der Waals surface area contributed by atoms with Crippen molar-refractivity contribution >= 4 is 11.9 Å². The predicted octanol–water partition coefficient (Wildman–Crippen LogP) is 3.35. The van der Waals surface area contributed by atoms with Gasteiger partial charge in [-0.15, -0.1) is 0 Å². The Morgan fingerprint density at radius 3 is 2.28 bits per heavy atom. The van der Waals surface area contributed by atoms with Crippen LogP contribution in [0.1, 0.15) is 54.3 Å². The SMILES string of the molecule is Cc1ccc(C(=O)N[C@H](C(=O)O[C@H](C)c2cc(C)on2)C(C)C)cc1.